The van der Waals surface area contributed by atoms with Gasteiger partial charge in [-0.3, -0.25) is 10.1 Å². The third-order valence-corrected chi connectivity index (χ3v) is 2.82. The highest BCUT2D eigenvalue weighted by Crippen LogP contribution is 2.32. The minimum absolute atomic E-state index is 0.190. The summed E-state index contributed by atoms with van der Waals surface area (Å²) in [5, 5.41) is 15.8. The number of nitrogens with zero attached hydrogens (tertiary/aromatic N) is 2. The lowest BCUT2D eigenvalue weighted by Gasteiger charge is -2.11. The molecule has 1 aromatic rings. The first kappa shape index (κ1) is 12.0. The van der Waals surface area contributed by atoms with Gasteiger partial charge in [-0.15, -0.1) is 0 Å². The van der Waals surface area contributed by atoms with Crippen LogP contribution in [0.25, 0.3) is 0 Å². The first-order valence-corrected chi connectivity index (χ1v) is 5.86. The Morgan fingerprint density at radius 1 is 1.59 bits per heavy atom. The molecular formula is C11H17N3O3. The van der Waals surface area contributed by atoms with Gasteiger partial charge in [0.15, 0.2) is 5.82 Å². The molecule has 1 unspecified atom stereocenters. The maximum Gasteiger partial charge on any atom is 0.320 e. The molecule has 17 heavy (non-hydrogen) atoms. The van der Waals surface area contributed by atoms with Crippen LogP contribution in [0.5, 0.6) is 0 Å². The number of aliphatic carboxylic acids is 1. The zero-order chi connectivity index (χ0) is 12.4. The summed E-state index contributed by atoms with van der Waals surface area (Å²) in [4.78, 5) is 15.2. The molecule has 6 nitrogen and oxygen atoms in total. The molecule has 0 saturated heterocycles. The summed E-state index contributed by atoms with van der Waals surface area (Å²) < 4.78 is 5.05. The molecule has 0 radical (unpaired) electrons. The van der Waals surface area contributed by atoms with E-state index in [1.54, 1.807) is 0 Å². The largest absolute Gasteiger partial charge is 0.480 e. The summed E-state index contributed by atoms with van der Waals surface area (Å²) in [5.74, 6) is 0.736. The summed E-state index contributed by atoms with van der Waals surface area (Å²) in [6.45, 7) is 4.27. The second kappa shape index (κ2) is 4.83. The van der Waals surface area contributed by atoms with Crippen molar-refractivity contribution in [1.82, 2.24) is 15.5 Å². The summed E-state index contributed by atoms with van der Waals surface area (Å²) in [7, 11) is 0. The molecule has 1 atom stereocenters. The van der Waals surface area contributed by atoms with E-state index in [0.29, 0.717) is 18.3 Å². The molecule has 6 heteroatoms. The second-order valence-electron chi connectivity index (χ2n) is 4.74. The SMILES string of the molecule is CC(C)c1nc(CNC(C(=O)O)C2CC2)no1. The fourth-order valence-electron chi connectivity index (χ4n) is 1.66. The lowest BCUT2D eigenvalue weighted by atomic mass is 10.2. The fourth-order valence-corrected chi connectivity index (χ4v) is 1.66. The summed E-state index contributed by atoms with van der Waals surface area (Å²) in [6.07, 6.45) is 1.96. The maximum absolute atomic E-state index is 11.0. The van der Waals surface area contributed by atoms with Gasteiger partial charge >= 0.3 is 5.97 Å². The van der Waals surface area contributed by atoms with Crippen molar-refractivity contribution >= 4 is 5.97 Å². The predicted molar refractivity (Wildman–Crippen MR) is 59.4 cm³/mol. The van der Waals surface area contributed by atoms with Gasteiger partial charge in [-0.2, -0.15) is 4.98 Å². The monoisotopic (exact) mass is 239 g/mol. The minimum Gasteiger partial charge on any atom is -0.480 e. The second-order valence-corrected chi connectivity index (χ2v) is 4.74. The average Bonchev–Trinajstić information content (AvgIpc) is 2.95. The molecule has 0 amide bonds. The highest BCUT2D eigenvalue weighted by atomic mass is 16.5. The number of aromatic nitrogens is 2. The minimum atomic E-state index is -0.805. The normalized spacial score (nSPS) is 17.4. The van der Waals surface area contributed by atoms with E-state index in [1.165, 1.54) is 0 Å². The zero-order valence-corrected chi connectivity index (χ0v) is 10.0. The Hall–Kier alpha value is -1.43. The Morgan fingerprint density at radius 2 is 2.29 bits per heavy atom. The number of carboxylic acids is 1. The van der Waals surface area contributed by atoms with Crippen LogP contribution in [0.1, 0.15) is 44.3 Å². The van der Waals surface area contributed by atoms with E-state index in [2.05, 4.69) is 15.5 Å². The number of carboxylic acid groups (broad SMARTS) is 1. The topological polar surface area (TPSA) is 88.2 Å². The van der Waals surface area contributed by atoms with Crippen molar-refractivity contribution < 1.29 is 14.4 Å². The number of rotatable bonds is 6. The molecular weight excluding hydrogens is 222 g/mol. The molecule has 1 aliphatic carbocycles. The van der Waals surface area contributed by atoms with Crippen LogP contribution >= 0.6 is 0 Å². The van der Waals surface area contributed by atoms with Gasteiger partial charge in [-0.25, -0.2) is 0 Å². The van der Waals surface area contributed by atoms with E-state index in [1.807, 2.05) is 13.8 Å². The average molecular weight is 239 g/mol. The quantitative estimate of drug-likeness (QED) is 0.774. The van der Waals surface area contributed by atoms with Crippen molar-refractivity contribution in [3.63, 3.8) is 0 Å². The van der Waals surface area contributed by atoms with Crippen LogP contribution in [0.15, 0.2) is 4.52 Å². The summed E-state index contributed by atoms with van der Waals surface area (Å²) in [6, 6.07) is -0.490. The van der Waals surface area contributed by atoms with Crippen molar-refractivity contribution in [2.45, 2.75) is 45.2 Å². The first-order chi connectivity index (χ1) is 8.08. The van der Waals surface area contributed by atoms with Gasteiger partial charge in [-0.05, 0) is 18.8 Å². The highest BCUT2D eigenvalue weighted by molar-refractivity contribution is 5.74. The van der Waals surface area contributed by atoms with Gasteiger partial charge in [0.05, 0.1) is 6.54 Å². The van der Waals surface area contributed by atoms with Gasteiger partial charge in [0.25, 0.3) is 0 Å². The van der Waals surface area contributed by atoms with E-state index in [4.69, 9.17) is 9.63 Å². The Labute approximate surface area is 99.4 Å². The third kappa shape index (κ3) is 3.03. The molecule has 1 aliphatic rings. The number of carbonyl (C=O) groups is 1. The van der Waals surface area contributed by atoms with Crippen LogP contribution in [0.2, 0.25) is 0 Å². The molecule has 0 bridgehead atoms. The van der Waals surface area contributed by atoms with Crippen LogP contribution in [-0.4, -0.2) is 27.3 Å². The highest BCUT2D eigenvalue weighted by Gasteiger charge is 2.35. The van der Waals surface area contributed by atoms with E-state index < -0.39 is 12.0 Å². The van der Waals surface area contributed by atoms with Crippen LogP contribution in [-0.2, 0) is 11.3 Å². The molecule has 1 aromatic heterocycles. The van der Waals surface area contributed by atoms with E-state index in [0.717, 1.165) is 12.8 Å². The summed E-state index contributed by atoms with van der Waals surface area (Å²) in [5.41, 5.74) is 0. The molecule has 0 aromatic carbocycles. The van der Waals surface area contributed by atoms with Gasteiger partial charge in [0.1, 0.15) is 6.04 Å². The predicted octanol–water partition coefficient (Wildman–Crippen LogP) is 1.15. The number of hydrogen-bond acceptors (Lipinski definition) is 5. The zero-order valence-electron chi connectivity index (χ0n) is 10.0. The third-order valence-electron chi connectivity index (χ3n) is 2.82. The molecule has 94 valence electrons. The number of nitrogens with one attached hydrogen (secondary N) is 1. The van der Waals surface area contributed by atoms with Crippen LogP contribution in [0.4, 0.5) is 0 Å². The van der Waals surface area contributed by atoms with Crippen molar-refractivity contribution in [1.29, 1.82) is 0 Å². The molecule has 1 fully saturated rings. The van der Waals surface area contributed by atoms with Gasteiger partial charge in [0, 0.05) is 5.92 Å². The van der Waals surface area contributed by atoms with Crippen molar-refractivity contribution in [2.24, 2.45) is 5.92 Å². The van der Waals surface area contributed by atoms with Crippen molar-refractivity contribution in [2.75, 3.05) is 0 Å². The Morgan fingerprint density at radius 3 is 2.76 bits per heavy atom. The van der Waals surface area contributed by atoms with Gasteiger partial charge < -0.3 is 9.63 Å². The standard InChI is InChI=1S/C11H17N3O3/c1-6(2)10-13-8(14-17-10)5-12-9(11(15)16)7-3-4-7/h6-7,9,12H,3-5H2,1-2H3,(H,15,16). The van der Waals surface area contributed by atoms with Crippen molar-refractivity contribution in [3.8, 4) is 0 Å². The first-order valence-electron chi connectivity index (χ1n) is 5.86. The molecule has 1 heterocycles. The van der Waals surface area contributed by atoms with E-state index in [-0.39, 0.29) is 11.8 Å². The number of hydrogen-bond donors (Lipinski definition) is 2. The Bertz CT molecular complexity index is 398. The van der Waals surface area contributed by atoms with E-state index in [9.17, 15) is 4.79 Å². The molecule has 2 rings (SSSR count). The van der Waals surface area contributed by atoms with Gasteiger partial charge in [-0.1, -0.05) is 19.0 Å². The molecule has 2 N–H and O–H groups in total. The fraction of sp³-hybridized carbons (Fsp3) is 0.727. The van der Waals surface area contributed by atoms with Crippen LogP contribution in [0, 0.1) is 5.92 Å². The molecule has 1 saturated carbocycles. The summed E-state index contributed by atoms with van der Waals surface area (Å²) >= 11 is 0. The molecule has 0 aliphatic heterocycles. The van der Waals surface area contributed by atoms with Crippen LogP contribution < -0.4 is 5.32 Å². The van der Waals surface area contributed by atoms with Gasteiger partial charge in [0.2, 0.25) is 5.89 Å². The Balaban J connectivity index is 1.89. The lowest BCUT2D eigenvalue weighted by Crippen LogP contribution is -2.38. The van der Waals surface area contributed by atoms with Crippen LogP contribution in [0.3, 0.4) is 0 Å². The molecule has 0 spiro atoms. The maximum atomic E-state index is 11.0. The smallest absolute Gasteiger partial charge is 0.320 e. The van der Waals surface area contributed by atoms with Crippen molar-refractivity contribution in [3.05, 3.63) is 11.7 Å². The lowest BCUT2D eigenvalue weighted by molar-refractivity contribution is -0.140. The van der Waals surface area contributed by atoms with E-state index >= 15 is 0 Å². The Kier molecular flexibility index (Phi) is 3.42.